The van der Waals surface area contributed by atoms with Crippen LogP contribution in [0.4, 0.5) is 10.2 Å². The van der Waals surface area contributed by atoms with Gasteiger partial charge in [0.1, 0.15) is 23.2 Å². The number of hydrogen-bond acceptors (Lipinski definition) is 3. The Labute approximate surface area is 146 Å². The lowest BCUT2D eigenvalue weighted by atomic mass is 9.65. The van der Waals surface area contributed by atoms with E-state index in [-0.39, 0.29) is 5.82 Å². The normalized spacial score (nSPS) is 28.2. The summed E-state index contributed by atoms with van der Waals surface area (Å²) in [4.78, 5) is 15.0. The number of aromatic amines is 1. The molecule has 130 valence electrons. The molecule has 5 heteroatoms. The first-order chi connectivity index (χ1) is 11.8. The van der Waals surface area contributed by atoms with Gasteiger partial charge in [0, 0.05) is 23.5 Å². The molecule has 5 rings (SSSR count). The quantitative estimate of drug-likeness (QED) is 0.702. The smallest absolute Gasteiger partial charge is 0.156 e. The van der Waals surface area contributed by atoms with Gasteiger partial charge in [-0.05, 0) is 48.3 Å². The van der Waals surface area contributed by atoms with Crippen LogP contribution >= 0.6 is 0 Å². The molecule has 1 N–H and O–H groups in total. The molecule has 1 aliphatic carbocycles. The number of halogens is 1. The van der Waals surface area contributed by atoms with Gasteiger partial charge in [-0.25, -0.2) is 14.4 Å². The number of fused-ring (bicyclic) bond motifs is 5. The summed E-state index contributed by atoms with van der Waals surface area (Å²) in [7, 11) is 0. The maximum atomic E-state index is 13.7. The zero-order valence-corrected chi connectivity index (χ0v) is 14.9. The third kappa shape index (κ3) is 2.25. The van der Waals surface area contributed by atoms with E-state index >= 15 is 0 Å². The van der Waals surface area contributed by atoms with Crippen molar-refractivity contribution in [1.82, 2.24) is 15.0 Å². The lowest BCUT2D eigenvalue weighted by molar-refractivity contribution is 0.136. The summed E-state index contributed by atoms with van der Waals surface area (Å²) in [5.74, 6) is 0.730. The van der Waals surface area contributed by atoms with E-state index in [1.165, 1.54) is 25.3 Å². The monoisotopic (exact) mass is 338 g/mol. The van der Waals surface area contributed by atoms with Gasteiger partial charge in [-0.1, -0.05) is 20.8 Å². The molecular weight excluding hydrogens is 315 g/mol. The molecule has 0 radical (unpaired) electrons. The fourth-order valence-corrected chi connectivity index (χ4v) is 5.58. The summed E-state index contributed by atoms with van der Waals surface area (Å²) in [6.07, 6.45) is 5.27. The van der Waals surface area contributed by atoms with E-state index < -0.39 is 0 Å². The molecule has 0 amide bonds. The third-order valence-corrected chi connectivity index (χ3v) is 6.01. The molecule has 1 aromatic carbocycles. The zero-order valence-electron chi connectivity index (χ0n) is 14.9. The summed E-state index contributed by atoms with van der Waals surface area (Å²) in [5, 5.41) is 0.826. The molecule has 25 heavy (non-hydrogen) atoms. The average molecular weight is 338 g/mol. The summed E-state index contributed by atoms with van der Waals surface area (Å²) in [5.41, 5.74) is 3.35. The van der Waals surface area contributed by atoms with Crippen LogP contribution in [0.5, 0.6) is 0 Å². The maximum absolute atomic E-state index is 13.7. The fourth-order valence-electron chi connectivity index (χ4n) is 5.58. The Kier molecular flexibility index (Phi) is 2.85. The van der Waals surface area contributed by atoms with Crippen molar-refractivity contribution >= 4 is 27.8 Å². The largest absolute Gasteiger partial charge is 0.351 e. The number of aromatic nitrogens is 3. The number of nitrogens with one attached hydrogen (secondary N) is 1. The van der Waals surface area contributed by atoms with Crippen LogP contribution in [-0.2, 0) is 0 Å². The third-order valence-electron chi connectivity index (χ3n) is 6.01. The lowest BCUT2D eigenvalue weighted by Crippen LogP contribution is -2.35. The molecule has 1 saturated heterocycles. The maximum Gasteiger partial charge on any atom is 0.156 e. The Balaban J connectivity index is 1.68. The van der Waals surface area contributed by atoms with Crippen molar-refractivity contribution in [3.63, 3.8) is 0 Å². The Morgan fingerprint density at radius 3 is 2.88 bits per heavy atom. The van der Waals surface area contributed by atoms with Gasteiger partial charge in [0.15, 0.2) is 5.82 Å². The van der Waals surface area contributed by atoms with Crippen LogP contribution in [-0.4, -0.2) is 27.5 Å². The van der Waals surface area contributed by atoms with Gasteiger partial charge in [0.05, 0.1) is 0 Å². The predicted octanol–water partition coefficient (Wildman–Crippen LogP) is 4.66. The van der Waals surface area contributed by atoms with Crippen LogP contribution in [0.2, 0.25) is 0 Å². The van der Waals surface area contributed by atoms with Crippen molar-refractivity contribution in [2.45, 2.75) is 46.1 Å². The van der Waals surface area contributed by atoms with Gasteiger partial charge in [0.25, 0.3) is 0 Å². The van der Waals surface area contributed by atoms with E-state index in [4.69, 9.17) is 0 Å². The number of nitrogens with zero attached hydrogens (tertiary/aromatic N) is 3. The van der Waals surface area contributed by atoms with Crippen LogP contribution in [0.1, 0.15) is 40.0 Å². The van der Waals surface area contributed by atoms with E-state index in [1.807, 2.05) is 0 Å². The van der Waals surface area contributed by atoms with Crippen LogP contribution in [0.25, 0.3) is 21.9 Å². The van der Waals surface area contributed by atoms with Crippen LogP contribution < -0.4 is 4.90 Å². The minimum atomic E-state index is -0.236. The first kappa shape index (κ1) is 15.1. The minimum Gasteiger partial charge on any atom is -0.351 e. The molecule has 2 aromatic heterocycles. The highest BCUT2D eigenvalue weighted by molar-refractivity contribution is 6.08. The first-order valence-electron chi connectivity index (χ1n) is 9.02. The topological polar surface area (TPSA) is 44.8 Å². The minimum absolute atomic E-state index is 0.236. The van der Waals surface area contributed by atoms with Gasteiger partial charge < -0.3 is 9.88 Å². The molecule has 2 bridgehead atoms. The summed E-state index contributed by atoms with van der Waals surface area (Å²) >= 11 is 0. The number of hydrogen-bond donors (Lipinski definition) is 1. The van der Waals surface area contributed by atoms with Crippen molar-refractivity contribution in [2.75, 3.05) is 11.4 Å². The van der Waals surface area contributed by atoms with E-state index in [0.29, 0.717) is 16.9 Å². The highest BCUT2D eigenvalue weighted by Crippen LogP contribution is 2.53. The second kappa shape index (κ2) is 4.71. The van der Waals surface area contributed by atoms with Crippen LogP contribution in [0.15, 0.2) is 24.5 Å². The van der Waals surface area contributed by atoms with E-state index in [2.05, 4.69) is 40.6 Å². The fraction of sp³-hybridized carbons (Fsp3) is 0.500. The lowest BCUT2D eigenvalue weighted by Gasteiger charge is -2.39. The Hall–Kier alpha value is -2.17. The van der Waals surface area contributed by atoms with Crippen LogP contribution in [0, 0.1) is 16.6 Å². The molecule has 2 aliphatic rings. The molecule has 3 aromatic rings. The Morgan fingerprint density at radius 1 is 1.20 bits per heavy atom. The van der Waals surface area contributed by atoms with Gasteiger partial charge >= 0.3 is 0 Å². The van der Waals surface area contributed by atoms with Crippen LogP contribution in [0.3, 0.4) is 0 Å². The zero-order chi connectivity index (χ0) is 17.4. The van der Waals surface area contributed by atoms with Gasteiger partial charge in [-0.3, -0.25) is 0 Å². The molecule has 2 fully saturated rings. The number of rotatable bonds is 1. The predicted molar refractivity (Wildman–Crippen MR) is 98.2 cm³/mol. The van der Waals surface area contributed by atoms with E-state index in [1.54, 1.807) is 18.5 Å². The van der Waals surface area contributed by atoms with Crippen molar-refractivity contribution in [1.29, 1.82) is 0 Å². The Morgan fingerprint density at radius 2 is 2.04 bits per heavy atom. The molecule has 1 aliphatic heterocycles. The second-order valence-corrected chi connectivity index (χ2v) is 9.08. The SMILES string of the molecule is CC1(C)CC2CC(C)(CN2c2ncnc3c2[nH]c2ccc(F)cc23)C1. The Bertz CT molecular complexity index is 992. The highest BCUT2D eigenvalue weighted by atomic mass is 19.1. The van der Waals surface area contributed by atoms with E-state index in [0.717, 1.165) is 34.3 Å². The molecule has 2 atom stereocenters. The average Bonchev–Trinajstić information content (AvgIpc) is 3.00. The second-order valence-electron chi connectivity index (χ2n) is 9.08. The summed E-state index contributed by atoms with van der Waals surface area (Å²) < 4.78 is 13.7. The van der Waals surface area contributed by atoms with Crippen molar-refractivity contribution in [3.8, 4) is 0 Å². The summed E-state index contributed by atoms with van der Waals surface area (Å²) in [6.45, 7) is 8.18. The number of benzene rings is 1. The standard InChI is InChI=1S/C20H23FN4/c1-19(2)7-13-8-20(3,9-19)10-25(13)18-17-16(22-11-23-18)14-6-12(21)4-5-15(14)24-17/h4-6,11,13,24H,7-10H2,1-3H3. The van der Waals surface area contributed by atoms with E-state index in [9.17, 15) is 4.39 Å². The molecule has 4 nitrogen and oxygen atoms in total. The number of anilines is 1. The molecule has 2 unspecified atom stereocenters. The van der Waals surface area contributed by atoms with Gasteiger partial charge in [-0.2, -0.15) is 0 Å². The summed E-state index contributed by atoms with van der Waals surface area (Å²) in [6, 6.07) is 5.33. The molecule has 1 saturated carbocycles. The number of H-pyrrole nitrogens is 1. The molecule has 3 heterocycles. The molecule has 0 spiro atoms. The first-order valence-corrected chi connectivity index (χ1v) is 9.02. The molecular formula is C20H23FN4. The highest BCUT2D eigenvalue weighted by Gasteiger charge is 2.50. The van der Waals surface area contributed by atoms with Gasteiger partial charge in [0.2, 0.25) is 0 Å². The van der Waals surface area contributed by atoms with Crippen molar-refractivity contribution < 1.29 is 4.39 Å². The van der Waals surface area contributed by atoms with Crippen molar-refractivity contribution in [3.05, 3.63) is 30.3 Å². The van der Waals surface area contributed by atoms with Crippen molar-refractivity contribution in [2.24, 2.45) is 10.8 Å². The van der Waals surface area contributed by atoms with Gasteiger partial charge in [-0.15, -0.1) is 0 Å².